The lowest BCUT2D eigenvalue weighted by Gasteiger charge is -2.37. The van der Waals surface area contributed by atoms with E-state index in [0.29, 0.717) is 0 Å². The monoisotopic (exact) mass is 247 g/mol. The fourth-order valence-corrected chi connectivity index (χ4v) is 1.90. The fraction of sp³-hybridized carbons (Fsp3) is 0.429. The molecular formula is C14H17NO3. The Hall–Kier alpha value is -1.68. The SMILES string of the molecule is CC(c1ccccc1)N1OCC(C)(C)C(=O)C1=O. The van der Waals surface area contributed by atoms with E-state index in [9.17, 15) is 9.59 Å². The molecule has 0 N–H and O–H groups in total. The molecular weight excluding hydrogens is 230 g/mol. The summed E-state index contributed by atoms with van der Waals surface area (Å²) in [7, 11) is 0. The predicted octanol–water partition coefficient (Wildman–Crippen LogP) is 2.12. The molecule has 0 aromatic heterocycles. The second-order valence-corrected chi connectivity index (χ2v) is 5.20. The number of ketones is 1. The molecule has 1 aliphatic rings. The fourth-order valence-electron chi connectivity index (χ4n) is 1.90. The Balaban J connectivity index is 2.21. The van der Waals surface area contributed by atoms with E-state index in [1.54, 1.807) is 13.8 Å². The van der Waals surface area contributed by atoms with Crippen LogP contribution in [0.2, 0.25) is 0 Å². The lowest BCUT2D eigenvalue weighted by Crippen LogP contribution is -2.52. The van der Waals surface area contributed by atoms with Gasteiger partial charge in [-0.2, -0.15) is 0 Å². The summed E-state index contributed by atoms with van der Waals surface area (Å²) in [6.07, 6.45) is 0. The number of Topliss-reactive ketones (excluding diaryl/α,β-unsaturated/α-hetero) is 1. The lowest BCUT2D eigenvalue weighted by molar-refractivity contribution is -0.225. The third kappa shape index (κ3) is 2.16. The first-order valence-electron chi connectivity index (χ1n) is 5.99. The van der Waals surface area contributed by atoms with Crippen molar-refractivity contribution in [3.8, 4) is 0 Å². The average Bonchev–Trinajstić information content (AvgIpc) is 2.37. The molecule has 1 unspecified atom stereocenters. The smallest absolute Gasteiger partial charge is 0.288 e. The van der Waals surface area contributed by atoms with Crippen LogP contribution in [-0.4, -0.2) is 23.4 Å². The minimum absolute atomic E-state index is 0.231. The Bertz CT molecular complexity index is 467. The van der Waals surface area contributed by atoms with Crippen LogP contribution in [-0.2, 0) is 14.4 Å². The summed E-state index contributed by atoms with van der Waals surface area (Å²) in [5.74, 6) is -0.959. The van der Waals surface area contributed by atoms with Gasteiger partial charge in [0.2, 0.25) is 5.78 Å². The highest BCUT2D eigenvalue weighted by atomic mass is 16.7. The second kappa shape index (κ2) is 4.53. The van der Waals surface area contributed by atoms with E-state index in [1.807, 2.05) is 37.3 Å². The Morgan fingerprint density at radius 1 is 1.22 bits per heavy atom. The van der Waals surface area contributed by atoms with Gasteiger partial charge in [-0.25, -0.2) is 5.06 Å². The van der Waals surface area contributed by atoms with Crippen molar-refractivity contribution < 1.29 is 14.4 Å². The van der Waals surface area contributed by atoms with Gasteiger partial charge in [-0.15, -0.1) is 0 Å². The van der Waals surface area contributed by atoms with Gasteiger partial charge in [0.1, 0.15) is 0 Å². The number of hydroxylamine groups is 2. The Kier molecular flexibility index (Phi) is 3.22. The lowest BCUT2D eigenvalue weighted by atomic mass is 9.87. The quantitative estimate of drug-likeness (QED) is 0.752. The van der Waals surface area contributed by atoms with Crippen molar-refractivity contribution in [3.63, 3.8) is 0 Å². The summed E-state index contributed by atoms with van der Waals surface area (Å²) in [6.45, 7) is 5.52. The molecule has 1 saturated heterocycles. The molecule has 1 aromatic rings. The van der Waals surface area contributed by atoms with Gasteiger partial charge in [-0.1, -0.05) is 44.2 Å². The highest BCUT2D eigenvalue weighted by molar-refractivity contribution is 6.38. The van der Waals surface area contributed by atoms with E-state index in [-0.39, 0.29) is 12.6 Å². The van der Waals surface area contributed by atoms with Gasteiger partial charge in [0.25, 0.3) is 0 Å². The molecule has 1 amide bonds. The van der Waals surface area contributed by atoms with Crippen molar-refractivity contribution in [2.24, 2.45) is 5.41 Å². The number of hydrogen-bond acceptors (Lipinski definition) is 3. The van der Waals surface area contributed by atoms with E-state index >= 15 is 0 Å². The molecule has 96 valence electrons. The Morgan fingerprint density at radius 2 is 1.83 bits per heavy atom. The normalized spacial score (nSPS) is 20.9. The molecule has 1 heterocycles. The van der Waals surface area contributed by atoms with Crippen LogP contribution in [0.3, 0.4) is 0 Å². The standard InChI is InChI=1S/C14H17NO3/c1-10(11-7-5-4-6-8-11)15-13(17)12(16)14(2,3)9-18-15/h4-8,10H,9H2,1-3H3. The third-order valence-corrected chi connectivity index (χ3v) is 3.21. The number of amides is 1. The van der Waals surface area contributed by atoms with Crippen LogP contribution >= 0.6 is 0 Å². The van der Waals surface area contributed by atoms with Crippen LogP contribution < -0.4 is 0 Å². The maximum Gasteiger partial charge on any atom is 0.314 e. The first kappa shape index (κ1) is 12.8. The van der Waals surface area contributed by atoms with Crippen LogP contribution in [0.15, 0.2) is 30.3 Å². The molecule has 2 rings (SSSR count). The maximum atomic E-state index is 12.0. The van der Waals surface area contributed by atoms with Crippen LogP contribution in [0.1, 0.15) is 32.4 Å². The third-order valence-electron chi connectivity index (χ3n) is 3.21. The van der Waals surface area contributed by atoms with E-state index < -0.39 is 17.1 Å². The van der Waals surface area contributed by atoms with Crippen molar-refractivity contribution in [2.45, 2.75) is 26.8 Å². The number of rotatable bonds is 2. The van der Waals surface area contributed by atoms with Crippen LogP contribution in [0.5, 0.6) is 0 Å². The number of benzene rings is 1. The van der Waals surface area contributed by atoms with E-state index in [2.05, 4.69) is 0 Å². The second-order valence-electron chi connectivity index (χ2n) is 5.20. The minimum Gasteiger partial charge on any atom is -0.288 e. The molecule has 4 heteroatoms. The van der Waals surface area contributed by atoms with Crippen molar-refractivity contribution in [1.29, 1.82) is 0 Å². The zero-order chi connectivity index (χ0) is 13.3. The van der Waals surface area contributed by atoms with Gasteiger partial charge < -0.3 is 0 Å². The maximum absolute atomic E-state index is 12.0. The van der Waals surface area contributed by atoms with Crippen LogP contribution in [0.4, 0.5) is 0 Å². The molecule has 1 atom stereocenters. The van der Waals surface area contributed by atoms with Crippen molar-refractivity contribution in [3.05, 3.63) is 35.9 Å². The summed E-state index contributed by atoms with van der Waals surface area (Å²) in [5.41, 5.74) is 0.211. The largest absolute Gasteiger partial charge is 0.314 e. The van der Waals surface area contributed by atoms with Crippen molar-refractivity contribution >= 4 is 11.7 Å². The molecule has 0 saturated carbocycles. The topological polar surface area (TPSA) is 46.6 Å². The highest BCUT2D eigenvalue weighted by Crippen LogP contribution is 2.29. The van der Waals surface area contributed by atoms with Crippen LogP contribution in [0.25, 0.3) is 0 Å². The van der Waals surface area contributed by atoms with Gasteiger partial charge in [0.15, 0.2) is 0 Å². The number of hydrogen-bond donors (Lipinski definition) is 0. The first-order valence-corrected chi connectivity index (χ1v) is 5.99. The Labute approximate surface area is 106 Å². The number of carbonyl (C=O) groups excluding carboxylic acids is 2. The summed E-state index contributed by atoms with van der Waals surface area (Å²) in [4.78, 5) is 29.4. The molecule has 18 heavy (non-hydrogen) atoms. The average molecular weight is 247 g/mol. The predicted molar refractivity (Wildman–Crippen MR) is 66.4 cm³/mol. The van der Waals surface area contributed by atoms with E-state index in [1.165, 1.54) is 5.06 Å². The molecule has 4 nitrogen and oxygen atoms in total. The number of nitrogens with zero attached hydrogens (tertiary/aromatic N) is 1. The summed E-state index contributed by atoms with van der Waals surface area (Å²) in [6, 6.07) is 9.25. The van der Waals surface area contributed by atoms with Gasteiger partial charge in [0, 0.05) is 0 Å². The number of carbonyl (C=O) groups is 2. The molecule has 0 aliphatic carbocycles. The van der Waals surface area contributed by atoms with E-state index in [0.717, 1.165) is 5.56 Å². The zero-order valence-electron chi connectivity index (χ0n) is 10.8. The molecule has 0 spiro atoms. The first-order chi connectivity index (χ1) is 8.43. The Morgan fingerprint density at radius 3 is 2.44 bits per heavy atom. The van der Waals surface area contributed by atoms with Crippen LogP contribution in [0, 0.1) is 5.41 Å². The molecule has 0 bridgehead atoms. The van der Waals surface area contributed by atoms with Crippen molar-refractivity contribution in [1.82, 2.24) is 5.06 Å². The molecule has 1 fully saturated rings. The molecule has 1 aliphatic heterocycles. The van der Waals surface area contributed by atoms with Crippen molar-refractivity contribution in [2.75, 3.05) is 6.61 Å². The van der Waals surface area contributed by atoms with E-state index in [4.69, 9.17) is 4.84 Å². The van der Waals surface area contributed by atoms with Gasteiger partial charge in [-0.05, 0) is 12.5 Å². The summed E-state index contributed by atoms with van der Waals surface area (Å²) >= 11 is 0. The molecule has 1 aromatic carbocycles. The molecule has 0 radical (unpaired) electrons. The highest BCUT2D eigenvalue weighted by Gasteiger charge is 2.43. The zero-order valence-corrected chi connectivity index (χ0v) is 10.8. The van der Waals surface area contributed by atoms with Gasteiger partial charge in [-0.3, -0.25) is 14.4 Å². The minimum atomic E-state index is -0.732. The van der Waals surface area contributed by atoms with Gasteiger partial charge >= 0.3 is 5.91 Å². The van der Waals surface area contributed by atoms with Gasteiger partial charge in [0.05, 0.1) is 18.1 Å². The summed E-state index contributed by atoms with van der Waals surface area (Å²) < 4.78 is 0. The summed E-state index contributed by atoms with van der Waals surface area (Å²) in [5, 5.41) is 1.18.